The number of hydrogen-bond donors (Lipinski definition) is 0. The number of anilines is 1. The summed E-state index contributed by atoms with van der Waals surface area (Å²) in [5.41, 5.74) is 2.37. The fourth-order valence-electron chi connectivity index (χ4n) is 2.93. The number of carbonyl (C=O) groups excluding carboxylic acids is 1. The van der Waals surface area contributed by atoms with Crippen LogP contribution in [0.3, 0.4) is 0 Å². The Labute approximate surface area is 130 Å². The molecule has 1 saturated heterocycles. The lowest BCUT2D eigenvalue weighted by molar-refractivity contribution is 0.0902. The SMILES string of the molecule is Cc1cnc(C)c(N2CCCC(C(=O)c3ccccn3)C2)n1. The monoisotopic (exact) mass is 296 g/mol. The molecule has 114 valence electrons. The summed E-state index contributed by atoms with van der Waals surface area (Å²) >= 11 is 0. The fourth-order valence-corrected chi connectivity index (χ4v) is 2.93. The van der Waals surface area contributed by atoms with Gasteiger partial charge in [0.15, 0.2) is 5.78 Å². The Morgan fingerprint density at radius 1 is 1.27 bits per heavy atom. The van der Waals surface area contributed by atoms with Crippen LogP contribution in [0.4, 0.5) is 5.82 Å². The first-order valence-electron chi connectivity index (χ1n) is 7.65. The van der Waals surface area contributed by atoms with Crippen LogP contribution < -0.4 is 4.90 Å². The summed E-state index contributed by atoms with van der Waals surface area (Å²) in [7, 11) is 0. The van der Waals surface area contributed by atoms with Crippen LogP contribution >= 0.6 is 0 Å². The van der Waals surface area contributed by atoms with Gasteiger partial charge in [-0.2, -0.15) is 0 Å². The Morgan fingerprint density at radius 2 is 2.14 bits per heavy atom. The molecule has 3 heterocycles. The summed E-state index contributed by atoms with van der Waals surface area (Å²) in [6.45, 7) is 5.52. The van der Waals surface area contributed by atoms with E-state index in [2.05, 4.69) is 19.9 Å². The minimum absolute atomic E-state index is 0.0228. The molecule has 1 atom stereocenters. The minimum atomic E-state index is -0.0228. The number of aromatic nitrogens is 3. The maximum Gasteiger partial charge on any atom is 0.185 e. The molecule has 5 nitrogen and oxygen atoms in total. The number of Topliss-reactive ketones (excluding diaryl/α,β-unsaturated/α-hetero) is 1. The highest BCUT2D eigenvalue weighted by Gasteiger charge is 2.28. The van der Waals surface area contributed by atoms with Gasteiger partial charge in [0.1, 0.15) is 11.5 Å². The van der Waals surface area contributed by atoms with Crippen molar-refractivity contribution in [2.75, 3.05) is 18.0 Å². The molecule has 0 saturated carbocycles. The molecule has 1 aliphatic rings. The Kier molecular flexibility index (Phi) is 4.13. The second-order valence-corrected chi connectivity index (χ2v) is 5.78. The second-order valence-electron chi connectivity index (χ2n) is 5.78. The van der Waals surface area contributed by atoms with Gasteiger partial charge in [0.2, 0.25) is 0 Å². The Balaban J connectivity index is 1.80. The van der Waals surface area contributed by atoms with Gasteiger partial charge in [0.25, 0.3) is 0 Å². The predicted molar refractivity (Wildman–Crippen MR) is 85.0 cm³/mol. The van der Waals surface area contributed by atoms with E-state index in [0.29, 0.717) is 12.2 Å². The molecule has 2 aromatic rings. The minimum Gasteiger partial charge on any atom is -0.354 e. The van der Waals surface area contributed by atoms with Gasteiger partial charge in [-0.3, -0.25) is 14.8 Å². The van der Waals surface area contributed by atoms with Crippen molar-refractivity contribution in [3.8, 4) is 0 Å². The highest BCUT2D eigenvalue weighted by atomic mass is 16.1. The summed E-state index contributed by atoms with van der Waals surface area (Å²) in [5.74, 6) is 1.01. The van der Waals surface area contributed by atoms with E-state index in [9.17, 15) is 4.79 Å². The average Bonchev–Trinajstić information content (AvgIpc) is 2.57. The first-order chi connectivity index (χ1) is 10.6. The summed E-state index contributed by atoms with van der Waals surface area (Å²) in [6, 6.07) is 5.48. The number of ketones is 1. The lowest BCUT2D eigenvalue weighted by Gasteiger charge is -2.33. The summed E-state index contributed by atoms with van der Waals surface area (Å²) in [6.07, 6.45) is 5.34. The smallest absolute Gasteiger partial charge is 0.185 e. The third-order valence-electron chi connectivity index (χ3n) is 4.06. The number of carbonyl (C=O) groups is 1. The lowest BCUT2D eigenvalue weighted by atomic mass is 9.92. The molecular weight excluding hydrogens is 276 g/mol. The molecule has 1 fully saturated rings. The van der Waals surface area contributed by atoms with Gasteiger partial charge >= 0.3 is 0 Å². The Hall–Kier alpha value is -2.30. The van der Waals surface area contributed by atoms with Crippen LogP contribution in [0.5, 0.6) is 0 Å². The Morgan fingerprint density at radius 3 is 2.91 bits per heavy atom. The maximum absolute atomic E-state index is 12.6. The van der Waals surface area contributed by atoms with E-state index in [1.54, 1.807) is 18.5 Å². The van der Waals surface area contributed by atoms with Crippen molar-refractivity contribution in [2.24, 2.45) is 5.92 Å². The number of piperidine rings is 1. The molecule has 3 rings (SSSR count). The van der Waals surface area contributed by atoms with E-state index in [0.717, 1.165) is 36.6 Å². The summed E-state index contributed by atoms with van der Waals surface area (Å²) < 4.78 is 0. The van der Waals surface area contributed by atoms with Crippen LogP contribution in [-0.4, -0.2) is 33.8 Å². The maximum atomic E-state index is 12.6. The zero-order valence-electron chi connectivity index (χ0n) is 13.0. The molecule has 0 aliphatic carbocycles. The fraction of sp³-hybridized carbons (Fsp3) is 0.412. The number of pyridine rings is 1. The lowest BCUT2D eigenvalue weighted by Crippen LogP contribution is -2.40. The normalized spacial score (nSPS) is 18.3. The van der Waals surface area contributed by atoms with Crippen LogP contribution in [0.1, 0.15) is 34.7 Å². The van der Waals surface area contributed by atoms with Crippen LogP contribution in [-0.2, 0) is 0 Å². The second kappa shape index (κ2) is 6.22. The third-order valence-corrected chi connectivity index (χ3v) is 4.06. The van der Waals surface area contributed by atoms with Crippen molar-refractivity contribution in [3.63, 3.8) is 0 Å². The highest BCUT2D eigenvalue weighted by molar-refractivity contribution is 5.96. The van der Waals surface area contributed by atoms with E-state index < -0.39 is 0 Å². The van der Waals surface area contributed by atoms with E-state index in [-0.39, 0.29) is 11.7 Å². The van der Waals surface area contributed by atoms with Gasteiger partial charge < -0.3 is 4.90 Å². The zero-order chi connectivity index (χ0) is 15.5. The quantitative estimate of drug-likeness (QED) is 0.815. The van der Waals surface area contributed by atoms with E-state index in [4.69, 9.17) is 0 Å². The topological polar surface area (TPSA) is 59.0 Å². The summed E-state index contributed by atoms with van der Waals surface area (Å²) in [4.78, 5) is 28.0. The zero-order valence-corrected chi connectivity index (χ0v) is 13.0. The van der Waals surface area contributed by atoms with Crippen molar-refractivity contribution in [3.05, 3.63) is 47.7 Å². The first kappa shape index (κ1) is 14.6. The molecule has 2 aromatic heterocycles. The molecule has 0 spiro atoms. The van der Waals surface area contributed by atoms with Gasteiger partial charge in [-0.25, -0.2) is 4.98 Å². The molecule has 0 radical (unpaired) electrons. The standard InChI is InChI=1S/C17H20N4O/c1-12-10-19-13(2)17(20-12)21-9-5-6-14(11-21)16(22)15-7-3-4-8-18-15/h3-4,7-8,10,14H,5-6,9,11H2,1-2H3. The Bertz CT molecular complexity index is 672. The van der Waals surface area contributed by atoms with Crippen molar-refractivity contribution in [1.29, 1.82) is 0 Å². The van der Waals surface area contributed by atoms with Crippen LogP contribution in [0.2, 0.25) is 0 Å². The third kappa shape index (κ3) is 2.98. The van der Waals surface area contributed by atoms with Crippen LogP contribution in [0.25, 0.3) is 0 Å². The molecule has 0 aromatic carbocycles. The van der Waals surface area contributed by atoms with E-state index in [1.807, 2.05) is 26.0 Å². The average molecular weight is 296 g/mol. The number of hydrogen-bond acceptors (Lipinski definition) is 5. The van der Waals surface area contributed by atoms with Crippen molar-refractivity contribution < 1.29 is 4.79 Å². The molecule has 1 unspecified atom stereocenters. The number of rotatable bonds is 3. The van der Waals surface area contributed by atoms with Crippen molar-refractivity contribution >= 4 is 11.6 Å². The van der Waals surface area contributed by atoms with Crippen LogP contribution in [0, 0.1) is 19.8 Å². The molecule has 22 heavy (non-hydrogen) atoms. The van der Waals surface area contributed by atoms with Gasteiger partial charge in [-0.05, 0) is 38.8 Å². The highest BCUT2D eigenvalue weighted by Crippen LogP contribution is 2.25. The van der Waals surface area contributed by atoms with Crippen molar-refractivity contribution in [2.45, 2.75) is 26.7 Å². The van der Waals surface area contributed by atoms with Gasteiger partial charge in [-0.15, -0.1) is 0 Å². The molecule has 5 heteroatoms. The molecule has 1 aliphatic heterocycles. The summed E-state index contributed by atoms with van der Waals surface area (Å²) in [5, 5.41) is 0. The van der Waals surface area contributed by atoms with Gasteiger partial charge in [-0.1, -0.05) is 6.07 Å². The van der Waals surface area contributed by atoms with E-state index in [1.165, 1.54) is 0 Å². The first-order valence-corrected chi connectivity index (χ1v) is 7.65. The largest absolute Gasteiger partial charge is 0.354 e. The molecular formula is C17H20N4O. The molecule has 0 N–H and O–H groups in total. The van der Waals surface area contributed by atoms with E-state index >= 15 is 0 Å². The molecule has 0 bridgehead atoms. The number of nitrogens with zero attached hydrogens (tertiary/aromatic N) is 4. The van der Waals surface area contributed by atoms with Crippen molar-refractivity contribution in [1.82, 2.24) is 15.0 Å². The van der Waals surface area contributed by atoms with Crippen LogP contribution in [0.15, 0.2) is 30.6 Å². The predicted octanol–water partition coefficient (Wildman–Crippen LogP) is 2.59. The van der Waals surface area contributed by atoms with Gasteiger partial charge in [0.05, 0.1) is 11.4 Å². The number of aryl methyl sites for hydroxylation is 2. The molecule has 0 amide bonds. The van der Waals surface area contributed by atoms with Gasteiger partial charge in [0, 0.05) is 31.4 Å².